The first kappa shape index (κ1) is 34.2. The Morgan fingerprint density at radius 2 is 1.67 bits per heavy atom. The van der Waals surface area contributed by atoms with E-state index < -0.39 is 0 Å². The summed E-state index contributed by atoms with van der Waals surface area (Å²) in [6.07, 6.45) is 14.5. The highest BCUT2D eigenvalue weighted by molar-refractivity contribution is 5.95. The van der Waals surface area contributed by atoms with Crippen molar-refractivity contribution in [1.82, 2.24) is 15.5 Å². The van der Waals surface area contributed by atoms with Crippen molar-refractivity contribution in [3.8, 4) is 17.0 Å². The molecule has 2 amide bonds. The minimum absolute atomic E-state index is 0.0478. The lowest BCUT2D eigenvalue weighted by Gasteiger charge is -2.55. The van der Waals surface area contributed by atoms with E-state index in [9.17, 15) is 9.59 Å². The lowest BCUT2D eigenvalue weighted by molar-refractivity contribution is -0.124. The van der Waals surface area contributed by atoms with Crippen molar-refractivity contribution in [2.75, 3.05) is 31.8 Å². The number of anilines is 1. The van der Waals surface area contributed by atoms with Gasteiger partial charge in [-0.05, 0) is 137 Å². The fourth-order valence-corrected chi connectivity index (χ4v) is 9.30. The zero-order chi connectivity index (χ0) is 35.0. The van der Waals surface area contributed by atoms with E-state index in [-0.39, 0.29) is 40.9 Å². The molecule has 5 saturated carbocycles. The summed E-state index contributed by atoms with van der Waals surface area (Å²) < 4.78 is 22.5. The predicted molar refractivity (Wildman–Crippen MR) is 193 cm³/mol. The Hall–Kier alpha value is -3.92. The van der Waals surface area contributed by atoms with Crippen molar-refractivity contribution in [3.63, 3.8) is 0 Å². The summed E-state index contributed by atoms with van der Waals surface area (Å²) in [6.45, 7) is 4.12. The molecule has 1 saturated heterocycles. The maximum absolute atomic E-state index is 14.7. The maximum atomic E-state index is 14.7. The van der Waals surface area contributed by atoms with E-state index >= 15 is 0 Å². The summed E-state index contributed by atoms with van der Waals surface area (Å²) in [5, 5.41) is 7.40. The Morgan fingerprint density at radius 1 is 0.922 bits per heavy atom. The van der Waals surface area contributed by atoms with Crippen LogP contribution in [0.15, 0.2) is 47.1 Å². The molecular formula is C41H52N4O6. The van der Waals surface area contributed by atoms with Crippen LogP contribution in [-0.4, -0.2) is 61.2 Å². The number of methoxy groups -OCH3 is 1. The van der Waals surface area contributed by atoms with E-state index in [1.807, 2.05) is 23.1 Å². The van der Waals surface area contributed by atoms with Gasteiger partial charge in [0.05, 0.1) is 7.11 Å². The highest BCUT2D eigenvalue weighted by Gasteiger charge is 2.51. The minimum atomic E-state index is -0.355. The molecule has 1 aliphatic heterocycles. The Balaban J connectivity index is 0.983. The lowest BCUT2D eigenvalue weighted by atomic mass is 9.51. The minimum Gasteiger partial charge on any atom is -0.496 e. The molecule has 9 rings (SSSR count). The van der Waals surface area contributed by atoms with Crippen LogP contribution in [0, 0.1) is 18.3 Å². The number of nitrogens with zero attached hydrogens (tertiary/aromatic N) is 3. The third kappa shape index (κ3) is 7.26. The molecule has 0 spiro atoms. The summed E-state index contributed by atoms with van der Waals surface area (Å²) in [5.74, 6) is 3.02. The number of hydrogen-bond acceptors (Lipinski definition) is 8. The SMILES string of the molecule is COc1ccc(C23CCC(CN(C(=O)C4CCC(OC(=O)NC5CCOCC5)CC4)c4cc(-c5cc(C6CC6)on5)ccn4)(CC2)CC3)cc1C. The average molecular weight is 697 g/mol. The van der Waals surface area contributed by atoms with Gasteiger partial charge in [-0.25, -0.2) is 9.78 Å². The van der Waals surface area contributed by atoms with Gasteiger partial charge in [-0.15, -0.1) is 0 Å². The van der Waals surface area contributed by atoms with E-state index in [0.717, 1.165) is 87.0 Å². The number of pyridine rings is 1. The molecule has 2 bridgehead atoms. The number of hydrogen-bond donors (Lipinski definition) is 1. The molecule has 2 aromatic heterocycles. The predicted octanol–water partition coefficient (Wildman–Crippen LogP) is 8.02. The van der Waals surface area contributed by atoms with Gasteiger partial charge in [0.1, 0.15) is 29.1 Å². The van der Waals surface area contributed by atoms with Crippen LogP contribution in [0.1, 0.15) is 113 Å². The molecule has 272 valence electrons. The first-order valence-electron chi connectivity index (χ1n) is 19.3. The van der Waals surface area contributed by atoms with Crippen molar-refractivity contribution in [2.24, 2.45) is 11.3 Å². The Kier molecular flexibility index (Phi) is 9.55. The third-order valence-corrected chi connectivity index (χ3v) is 12.8. The van der Waals surface area contributed by atoms with Crippen LogP contribution in [0.4, 0.5) is 10.6 Å². The zero-order valence-electron chi connectivity index (χ0n) is 30.2. The monoisotopic (exact) mass is 696 g/mol. The summed E-state index contributed by atoms with van der Waals surface area (Å²) in [4.78, 5) is 34.2. The first-order valence-corrected chi connectivity index (χ1v) is 19.3. The quantitative estimate of drug-likeness (QED) is 0.227. The largest absolute Gasteiger partial charge is 0.496 e. The van der Waals surface area contributed by atoms with E-state index in [4.69, 9.17) is 23.7 Å². The Morgan fingerprint density at radius 3 is 2.35 bits per heavy atom. The van der Waals surface area contributed by atoms with E-state index in [1.54, 1.807) is 13.3 Å². The van der Waals surface area contributed by atoms with Crippen molar-refractivity contribution in [1.29, 1.82) is 0 Å². The highest BCUT2D eigenvalue weighted by atomic mass is 16.6. The number of amides is 2. The second-order valence-electron chi connectivity index (χ2n) is 16.1. The number of nitrogens with one attached hydrogen (secondary N) is 1. The van der Waals surface area contributed by atoms with Gasteiger partial charge in [-0.3, -0.25) is 9.69 Å². The number of ether oxygens (including phenoxy) is 3. The molecule has 6 aliphatic rings. The van der Waals surface area contributed by atoms with E-state index in [1.165, 1.54) is 11.1 Å². The molecule has 0 atom stereocenters. The summed E-state index contributed by atoms with van der Waals surface area (Å²) in [6, 6.07) is 12.8. The molecule has 3 heterocycles. The van der Waals surface area contributed by atoms with Crippen molar-refractivity contribution >= 4 is 17.8 Å². The van der Waals surface area contributed by atoms with Gasteiger partial charge < -0.3 is 24.1 Å². The lowest BCUT2D eigenvalue weighted by Crippen LogP contribution is -2.52. The van der Waals surface area contributed by atoms with Crippen molar-refractivity contribution in [3.05, 3.63) is 59.5 Å². The van der Waals surface area contributed by atoms with Crippen LogP contribution in [-0.2, 0) is 19.7 Å². The molecule has 5 aliphatic carbocycles. The van der Waals surface area contributed by atoms with Crippen LogP contribution < -0.4 is 15.0 Å². The van der Waals surface area contributed by atoms with Gasteiger partial charge in [0, 0.05) is 55.5 Å². The number of aromatic nitrogens is 2. The second-order valence-corrected chi connectivity index (χ2v) is 16.1. The standard InChI is InChI=1S/C41H52N4O6/c1-27-23-31(7-10-35(27)48-2)41-17-14-40(15-18-41,16-19-41)26-45(37-24-30(11-20-42-37)34-25-36(51-44-34)28-3-4-28)38(46)29-5-8-33(9-6-29)50-39(47)43-32-12-21-49-22-13-32/h7,10-11,20,23-25,28-29,32-33H,3-6,8-9,12-19,21-22,26H2,1-2H3,(H,43,47). The van der Waals surface area contributed by atoms with Gasteiger partial charge in [0.25, 0.3) is 0 Å². The molecule has 1 aromatic carbocycles. The van der Waals surface area contributed by atoms with Crippen LogP contribution in [0.3, 0.4) is 0 Å². The summed E-state index contributed by atoms with van der Waals surface area (Å²) >= 11 is 0. The molecule has 1 N–H and O–H groups in total. The van der Waals surface area contributed by atoms with Gasteiger partial charge in [0.15, 0.2) is 0 Å². The highest BCUT2D eigenvalue weighted by Crippen LogP contribution is 2.58. The van der Waals surface area contributed by atoms with E-state index in [0.29, 0.717) is 57.2 Å². The number of alkyl carbamates (subject to hydrolysis) is 1. The van der Waals surface area contributed by atoms with Gasteiger partial charge >= 0.3 is 6.09 Å². The van der Waals surface area contributed by atoms with E-state index in [2.05, 4.69) is 35.6 Å². The number of fused-ring (bicyclic) bond motifs is 3. The van der Waals surface area contributed by atoms with Crippen LogP contribution in [0.25, 0.3) is 11.3 Å². The maximum Gasteiger partial charge on any atom is 0.407 e. The molecule has 0 radical (unpaired) electrons. The smallest absolute Gasteiger partial charge is 0.407 e. The summed E-state index contributed by atoms with van der Waals surface area (Å²) in [5.41, 5.74) is 4.55. The molecule has 10 nitrogen and oxygen atoms in total. The van der Waals surface area contributed by atoms with Gasteiger partial charge in [-0.2, -0.15) is 0 Å². The Bertz CT molecular complexity index is 1700. The number of carbonyl (C=O) groups is 2. The summed E-state index contributed by atoms with van der Waals surface area (Å²) in [7, 11) is 1.73. The van der Waals surface area contributed by atoms with Crippen molar-refractivity contribution < 1.29 is 28.3 Å². The molecule has 0 unspecified atom stereocenters. The molecular weight excluding hydrogens is 644 g/mol. The Labute approximate surface area is 301 Å². The van der Waals surface area contributed by atoms with Crippen LogP contribution >= 0.6 is 0 Å². The molecule has 3 aromatic rings. The first-order chi connectivity index (χ1) is 24.8. The third-order valence-electron chi connectivity index (χ3n) is 12.8. The molecule has 51 heavy (non-hydrogen) atoms. The number of rotatable bonds is 10. The second kappa shape index (κ2) is 14.2. The topological polar surface area (TPSA) is 116 Å². The van der Waals surface area contributed by atoms with Crippen LogP contribution in [0.5, 0.6) is 5.75 Å². The average Bonchev–Trinajstić information content (AvgIpc) is 3.90. The number of benzene rings is 1. The molecule has 6 fully saturated rings. The van der Waals surface area contributed by atoms with Gasteiger partial charge in [-0.1, -0.05) is 17.3 Å². The van der Waals surface area contributed by atoms with Gasteiger partial charge in [0.2, 0.25) is 5.91 Å². The fourth-order valence-electron chi connectivity index (χ4n) is 9.30. The number of aryl methyl sites for hydroxylation is 1. The number of carbonyl (C=O) groups excluding carboxylic acids is 2. The zero-order valence-corrected chi connectivity index (χ0v) is 30.2. The van der Waals surface area contributed by atoms with Crippen LogP contribution in [0.2, 0.25) is 0 Å². The van der Waals surface area contributed by atoms with Crippen molar-refractivity contribution in [2.45, 2.75) is 120 Å². The molecule has 10 heteroatoms. The fraction of sp³-hybridized carbons (Fsp3) is 0.610. The normalized spacial score (nSPS) is 27.9.